The van der Waals surface area contributed by atoms with Crippen LogP contribution in [0.15, 0.2) is 60.8 Å². The third-order valence-electron chi connectivity index (χ3n) is 3.47. The number of halogens is 1. The van der Waals surface area contributed by atoms with Crippen molar-refractivity contribution >= 4 is 28.4 Å². The molecule has 0 spiro atoms. The number of aromatic nitrogens is 1. The number of pyridine rings is 1. The van der Waals surface area contributed by atoms with Crippen LogP contribution >= 0.6 is 11.6 Å². The van der Waals surface area contributed by atoms with E-state index in [-0.39, 0.29) is 5.91 Å². The topological polar surface area (TPSA) is 42.0 Å². The van der Waals surface area contributed by atoms with Crippen LogP contribution in [-0.4, -0.2) is 10.9 Å². The van der Waals surface area contributed by atoms with Crippen molar-refractivity contribution in [1.82, 2.24) is 10.3 Å². The Hall–Kier alpha value is -2.39. The first-order valence-electron chi connectivity index (χ1n) is 7.06. The second-order valence-electron chi connectivity index (χ2n) is 5.07. The molecular formula is C18H15ClN2O. The van der Waals surface area contributed by atoms with Crippen LogP contribution in [0.3, 0.4) is 0 Å². The highest BCUT2D eigenvalue weighted by atomic mass is 35.5. The van der Waals surface area contributed by atoms with Crippen LogP contribution in [0.25, 0.3) is 10.9 Å². The van der Waals surface area contributed by atoms with Crippen molar-refractivity contribution in [2.75, 3.05) is 0 Å². The molecule has 110 valence electrons. The van der Waals surface area contributed by atoms with Crippen molar-refractivity contribution in [3.8, 4) is 0 Å². The van der Waals surface area contributed by atoms with Crippen LogP contribution in [0, 0.1) is 0 Å². The Labute approximate surface area is 133 Å². The van der Waals surface area contributed by atoms with Gasteiger partial charge in [0.25, 0.3) is 0 Å². The van der Waals surface area contributed by atoms with Crippen LogP contribution in [0.2, 0.25) is 5.02 Å². The van der Waals surface area contributed by atoms with Crippen molar-refractivity contribution in [2.45, 2.75) is 13.0 Å². The third-order valence-corrected chi connectivity index (χ3v) is 3.72. The summed E-state index contributed by atoms with van der Waals surface area (Å²) in [6, 6.07) is 17.2. The largest absolute Gasteiger partial charge is 0.352 e. The van der Waals surface area contributed by atoms with Gasteiger partial charge < -0.3 is 5.32 Å². The first-order valence-corrected chi connectivity index (χ1v) is 7.44. The summed E-state index contributed by atoms with van der Waals surface area (Å²) < 4.78 is 0. The maximum absolute atomic E-state index is 12.1. The van der Waals surface area contributed by atoms with Gasteiger partial charge in [0.1, 0.15) is 0 Å². The summed E-state index contributed by atoms with van der Waals surface area (Å²) >= 11 is 5.84. The highest BCUT2D eigenvalue weighted by molar-refractivity contribution is 6.30. The van der Waals surface area contributed by atoms with Gasteiger partial charge in [-0.05, 0) is 29.3 Å². The Morgan fingerprint density at radius 2 is 1.82 bits per heavy atom. The van der Waals surface area contributed by atoms with Crippen molar-refractivity contribution in [3.05, 3.63) is 76.9 Å². The molecule has 0 aliphatic rings. The number of amides is 1. The summed E-state index contributed by atoms with van der Waals surface area (Å²) in [5.41, 5.74) is 2.84. The van der Waals surface area contributed by atoms with Gasteiger partial charge in [-0.3, -0.25) is 9.78 Å². The van der Waals surface area contributed by atoms with Gasteiger partial charge in [0.05, 0.1) is 11.9 Å². The fraction of sp³-hybridized carbons (Fsp3) is 0.111. The number of carbonyl (C=O) groups is 1. The van der Waals surface area contributed by atoms with Gasteiger partial charge in [-0.15, -0.1) is 0 Å². The van der Waals surface area contributed by atoms with E-state index in [1.807, 2.05) is 54.6 Å². The number of hydrogen-bond donors (Lipinski definition) is 1. The zero-order valence-corrected chi connectivity index (χ0v) is 12.7. The number of benzene rings is 2. The maximum atomic E-state index is 12.1. The normalized spacial score (nSPS) is 10.6. The lowest BCUT2D eigenvalue weighted by Crippen LogP contribution is -2.24. The van der Waals surface area contributed by atoms with E-state index in [1.54, 1.807) is 6.20 Å². The standard InChI is InChI=1S/C18H15ClN2O/c19-16-8-6-13(7-9-16)12-21-17(22)11-15-4-1-3-14-5-2-10-20-18(14)15/h1-10H,11-12H2,(H,21,22). The van der Waals surface area contributed by atoms with E-state index >= 15 is 0 Å². The number of hydrogen-bond acceptors (Lipinski definition) is 2. The van der Waals surface area contributed by atoms with Crippen molar-refractivity contribution in [3.63, 3.8) is 0 Å². The average molecular weight is 311 g/mol. The fourth-order valence-corrected chi connectivity index (χ4v) is 2.47. The molecule has 3 nitrogen and oxygen atoms in total. The monoisotopic (exact) mass is 310 g/mol. The Kier molecular flexibility index (Phi) is 4.35. The molecule has 0 aliphatic carbocycles. The molecule has 3 rings (SSSR count). The quantitative estimate of drug-likeness (QED) is 0.797. The summed E-state index contributed by atoms with van der Waals surface area (Å²) in [4.78, 5) is 16.5. The van der Waals surface area contributed by atoms with Crippen molar-refractivity contribution < 1.29 is 4.79 Å². The molecule has 4 heteroatoms. The van der Waals surface area contributed by atoms with E-state index in [2.05, 4.69) is 10.3 Å². The molecule has 1 aromatic heterocycles. The second-order valence-corrected chi connectivity index (χ2v) is 5.51. The number of rotatable bonds is 4. The molecular weight excluding hydrogens is 296 g/mol. The molecule has 0 saturated heterocycles. The minimum atomic E-state index is -0.0203. The molecule has 2 aromatic carbocycles. The number of carbonyl (C=O) groups excluding carboxylic acids is 1. The Morgan fingerprint density at radius 1 is 1.05 bits per heavy atom. The van der Waals surface area contributed by atoms with Crippen LogP contribution in [0.4, 0.5) is 0 Å². The number of fused-ring (bicyclic) bond motifs is 1. The van der Waals surface area contributed by atoms with Crippen LogP contribution in [-0.2, 0) is 17.8 Å². The van der Waals surface area contributed by atoms with E-state index in [1.165, 1.54) is 0 Å². The van der Waals surface area contributed by atoms with Crippen LogP contribution in [0.5, 0.6) is 0 Å². The highest BCUT2D eigenvalue weighted by Crippen LogP contribution is 2.16. The number of nitrogens with zero attached hydrogens (tertiary/aromatic N) is 1. The molecule has 22 heavy (non-hydrogen) atoms. The molecule has 1 heterocycles. The summed E-state index contributed by atoms with van der Waals surface area (Å²) in [5, 5.41) is 4.66. The van der Waals surface area contributed by atoms with Gasteiger partial charge in [0.2, 0.25) is 5.91 Å². The highest BCUT2D eigenvalue weighted by Gasteiger charge is 2.07. The van der Waals surface area contributed by atoms with Crippen molar-refractivity contribution in [1.29, 1.82) is 0 Å². The molecule has 0 saturated carbocycles. The fourth-order valence-electron chi connectivity index (χ4n) is 2.35. The third kappa shape index (κ3) is 3.43. The van der Waals surface area contributed by atoms with E-state index < -0.39 is 0 Å². The Bertz CT molecular complexity index is 794. The van der Waals surface area contributed by atoms with Gasteiger partial charge in [-0.1, -0.05) is 48.0 Å². The first kappa shape index (κ1) is 14.5. The first-order chi connectivity index (χ1) is 10.7. The van der Waals surface area contributed by atoms with Crippen molar-refractivity contribution in [2.24, 2.45) is 0 Å². The van der Waals surface area contributed by atoms with E-state index in [0.29, 0.717) is 18.0 Å². The Balaban J connectivity index is 1.67. The Morgan fingerprint density at radius 3 is 2.64 bits per heavy atom. The zero-order valence-electron chi connectivity index (χ0n) is 11.9. The molecule has 0 fully saturated rings. The van der Waals surface area contributed by atoms with Gasteiger partial charge >= 0.3 is 0 Å². The van der Waals surface area contributed by atoms with Gasteiger partial charge in [0, 0.05) is 23.2 Å². The summed E-state index contributed by atoms with van der Waals surface area (Å²) in [6.07, 6.45) is 2.07. The molecule has 3 aromatic rings. The van der Waals surface area contributed by atoms with Gasteiger partial charge in [-0.25, -0.2) is 0 Å². The lowest BCUT2D eigenvalue weighted by molar-refractivity contribution is -0.120. The summed E-state index contributed by atoms with van der Waals surface area (Å²) in [5.74, 6) is -0.0203. The van der Waals surface area contributed by atoms with E-state index in [4.69, 9.17) is 11.6 Å². The minimum absolute atomic E-state index is 0.0203. The predicted molar refractivity (Wildman–Crippen MR) is 88.7 cm³/mol. The number of nitrogens with one attached hydrogen (secondary N) is 1. The smallest absolute Gasteiger partial charge is 0.224 e. The molecule has 1 N–H and O–H groups in total. The van der Waals surface area contributed by atoms with Gasteiger partial charge in [-0.2, -0.15) is 0 Å². The molecule has 0 atom stereocenters. The lowest BCUT2D eigenvalue weighted by Gasteiger charge is -2.07. The maximum Gasteiger partial charge on any atom is 0.224 e. The molecule has 0 bridgehead atoms. The second kappa shape index (κ2) is 6.58. The molecule has 0 radical (unpaired) electrons. The van der Waals surface area contributed by atoms with Gasteiger partial charge in [0.15, 0.2) is 0 Å². The van der Waals surface area contributed by atoms with Crippen LogP contribution < -0.4 is 5.32 Å². The molecule has 0 unspecified atom stereocenters. The zero-order chi connectivity index (χ0) is 15.4. The molecule has 0 aliphatic heterocycles. The summed E-state index contributed by atoms with van der Waals surface area (Å²) in [7, 11) is 0. The average Bonchev–Trinajstić information content (AvgIpc) is 2.55. The minimum Gasteiger partial charge on any atom is -0.352 e. The number of para-hydroxylation sites is 1. The summed E-state index contributed by atoms with van der Waals surface area (Å²) in [6.45, 7) is 0.494. The van der Waals surface area contributed by atoms with E-state index in [9.17, 15) is 4.79 Å². The van der Waals surface area contributed by atoms with E-state index in [0.717, 1.165) is 22.0 Å². The lowest BCUT2D eigenvalue weighted by atomic mass is 10.1. The van der Waals surface area contributed by atoms with Crippen LogP contribution in [0.1, 0.15) is 11.1 Å². The molecule has 1 amide bonds. The SMILES string of the molecule is O=C(Cc1cccc2cccnc12)NCc1ccc(Cl)cc1. The predicted octanol–water partition coefficient (Wildman–Crippen LogP) is 3.75.